The third kappa shape index (κ3) is 3.48. The van der Waals surface area contributed by atoms with E-state index in [0.29, 0.717) is 5.92 Å². The van der Waals surface area contributed by atoms with Crippen LogP contribution in [-0.4, -0.2) is 16.9 Å². The lowest BCUT2D eigenvalue weighted by atomic mass is 9.87. The number of hydrogen-bond acceptors (Lipinski definition) is 4. The molecule has 0 spiro atoms. The molecule has 1 saturated carbocycles. The molecule has 7 heteroatoms. The van der Waals surface area contributed by atoms with Gasteiger partial charge < -0.3 is 11.1 Å². The minimum atomic E-state index is -0.847. The molecule has 1 amide bonds. The second-order valence-corrected chi connectivity index (χ2v) is 5.58. The van der Waals surface area contributed by atoms with E-state index in [0.717, 1.165) is 37.8 Å². The third-order valence-electron chi connectivity index (χ3n) is 3.91. The number of nitrogens with two attached hydrogens (primary N) is 1. The number of hydrogen-bond donors (Lipinski definition) is 2. The van der Waals surface area contributed by atoms with Gasteiger partial charge in [-0.1, -0.05) is 6.92 Å². The molecule has 0 bridgehead atoms. The van der Waals surface area contributed by atoms with E-state index in [9.17, 15) is 19.3 Å². The third-order valence-corrected chi connectivity index (χ3v) is 3.91. The Labute approximate surface area is 121 Å². The van der Waals surface area contributed by atoms with Crippen LogP contribution in [0.2, 0.25) is 0 Å². The summed E-state index contributed by atoms with van der Waals surface area (Å²) in [7, 11) is 0. The van der Waals surface area contributed by atoms with Crippen molar-refractivity contribution < 1.29 is 14.1 Å². The van der Waals surface area contributed by atoms with Crippen molar-refractivity contribution >= 4 is 17.3 Å². The normalized spacial score (nSPS) is 21.8. The molecule has 1 aliphatic rings. The first-order valence-corrected chi connectivity index (χ1v) is 6.92. The summed E-state index contributed by atoms with van der Waals surface area (Å²) in [6.07, 6.45) is 3.70. The molecule has 0 saturated heterocycles. The highest BCUT2D eigenvalue weighted by atomic mass is 19.1. The highest BCUT2D eigenvalue weighted by Gasteiger charge is 2.24. The maximum absolute atomic E-state index is 13.8. The fraction of sp³-hybridized carbons (Fsp3) is 0.500. The Kier molecular flexibility index (Phi) is 4.40. The molecule has 6 nitrogen and oxygen atoms in total. The SMILES string of the molecule is CC1CCC(NC(=O)c2cc([N+](=O)[O-])c(N)cc2F)CC1. The molecule has 3 N–H and O–H groups in total. The summed E-state index contributed by atoms with van der Waals surface area (Å²) in [6, 6.07) is 1.70. The molecule has 2 rings (SSSR count). The maximum Gasteiger partial charge on any atom is 0.293 e. The summed E-state index contributed by atoms with van der Waals surface area (Å²) in [6.45, 7) is 2.15. The van der Waals surface area contributed by atoms with Crippen LogP contribution in [0.4, 0.5) is 15.8 Å². The molecule has 1 aromatic rings. The van der Waals surface area contributed by atoms with E-state index in [1.807, 2.05) is 0 Å². The van der Waals surface area contributed by atoms with Crippen LogP contribution in [0.5, 0.6) is 0 Å². The number of nitrogen functional groups attached to an aromatic ring is 1. The minimum Gasteiger partial charge on any atom is -0.393 e. The zero-order chi connectivity index (χ0) is 15.6. The number of halogens is 1. The molecule has 0 atom stereocenters. The van der Waals surface area contributed by atoms with E-state index in [1.54, 1.807) is 0 Å². The Bertz CT molecular complexity index is 569. The quantitative estimate of drug-likeness (QED) is 0.508. The van der Waals surface area contributed by atoms with E-state index in [4.69, 9.17) is 5.73 Å². The van der Waals surface area contributed by atoms with Crippen LogP contribution < -0.4 is 11.1 Å². The first kappa shape index (κ1) is 15.2. The van der Waals surface area contributed by atoms with Crippen LogP contribution in [0, 0.1) is 21.8 Å². The van der Waals surface area contributed by atoms with Gasteiger partial charge in [-0.2, -0.15) is 0 Å². The molecule has 0 unspecified atom stereocenters. The smallest absolute Gasteiger partial charge is 0.293 e. The summed E-state index contributed by atoms with van der Waals surface area (Å²) in [5, 5.41) is 13.5. The number of anilines is 1. The standard InChI is InChI=1S/C14H18FN3O3/c1-8-2-4-9(5-3-8)17-14(19)10-6-13(18(20)21)12(16)7-11(10)15/h6-9H,2-5,16H2,1H3,(H,17,19). The minimum absolute atomic E-state index is 0.00953. The maximum atomic E-state index is 13.8. The molecular weight excluding hydrogens is 277 g/mol. The number of benzene rings is 1. The molecule has 21 heavy (non-hydrogen) atoms. The van der Waals surface area contributed by atoms with Gasteiger partial charge >= 0.3 is 0 Å². The zero-order valence-electron chi connectivity index (χ0n) is 11.8. The average Bonchev–Trinajstić information content (AvgIpc) is 2.40. The Hall–Kier alpha value is -2.18. The van der Waals surface area contributed by atoms with Gasteiger partial charge in [0, 0.05) is 18.2 Å². The van der Waals surface area contributed by atoms with Gasteiger partial charge in [-0.3, -0.25) is 14.9 Å². The topological polar surface area (TPSA) is 98.3 Å². The molecule has 0 aliphatic heterocycles. The van der Waals surface area contributed by atoms with E-state index >= 15 is 0 Å². The molecule has 1 aliphatic carbocycles. The molecule has 0 aromatic heterocycles. The van der Waals surface area contributed by atoms with Crippen LogP contribution >= 0.6 is 0 Å². The fourth-order valence-electron chi connectivity index (χ4n) is 2.58. The number of rotatable bonds is 3. The lowest BCUT2D eigenvalue weighted by Gasteiger charge is -2.26. The van der Waals surface area contributed by atoms with Crippen molar-refractivity contribution in [2.75, 3.05) is 5.73 Å². The number of carbonyl (C=O) groups excluding carboxylic acids is 1. The predicted octanol–water partition coefficient (Wildman–Crippen LogP) is 2.62. The van der Waals surface area contributed by atoms with Gasteiger partial charge in [0.15, 0.2) is 0 Å². The van der Waals surface area contributed by atoms with Crippen molar-refractivity contribution in [2.45, 2.75) is 38.6 Å². The highest BCUT2D eigenvalue weighted by Crippen LogP contribution is 2.26. The second-order valence-electron chi connectivity index (χ2n) is 5.58. The number of nitro groups is 1. The van der Waals surface area contributed by atoms with E-state index < -0.39 is 22.3 Å². The van der Waals surface area contributed by atoms with Gasteiger partial charge in [0.2, 0.25) is 0 Å². The van der Waals surface area contributed by atoms with Crippen molar-refractivity contribution in [3.05, 3.63) is 33.6 Å². The van der Waals surface area contributed by atoms with Crippen molar-refractivity contribution in [3.63, 3.8) is 0 Å². The highest BCUT2D eigenvalue weighted by molar-refractivity contribution is 5.96. The number of nitro benzene ring substituents is 1. The van der Waals surface area contributed by atoms with E-state index in [1.165, 1.54) is 0 Å². The zero-order valence-corrected chi connectivity index (χ0v) is 11.8. The molecular formula is C14H18FN3O3. The lowest BCUT2D eigenvalue weighted by Crippen LogP contribution is -2.37. The molecule has 0 radical (unpaired) electrons. The molecule has 1 aromatic carbocycles. The lowest BCUT2D eigenvalue weighted by molar-refractivity contribution is -0.384. The van der Waals surface area contributed by atoms with Crippen molar-refractivity contribution in [1.82, 2.24) is 5.32 Å². The summed E-state index contributed by atoms with van der Waals surface area (Å²) in [4.78, 5) is 22.2. The van der Waals surface area contributed by atoms with Gasteiger partial charge in [0.25, 0.3) is 11.6 Å². The number of nitrogens with one attached hydrogen (secondary N) is 1. The summed E-state index contributed by atoms with van der Waals surface area (Å²) >= 11 is 0. The second kappa shape index (κ2) is 6.07. The van der Waals surface area contributed by atoms with Crippen LogP contribution in [0.3, 0.4) is 0 Å². The Balaban J connectivity index is 2.15. The van der Waals surface area contributed by atoms with Crippen molar-refractivity contribution in [1.29, 1.82) is 0 Å². The Morgan fingerprint density at radius 1 is 1.38 bits per heavy atom. The Morgan fingerprint density at radius 3 is 2.57 bits per heavy atom. The van der Waals surface area contributed by atoms with Crippen molar-refractivity contribution in [3.8, 4) is 0 Å². The van der Waals surface area contributed by atoms with Gasteiger partial charge in [-0.25, -0.2) is 4.39 Å². The number of amides is 1. The van der Waals surface area contributed by atoms with Crippen LogP contribution in [0.1, 0.15) is 43.0 Å². The molecule has 0 heterocycles. The summed E-state index contributed by atoms with van der Waals surface area (Å²) in [5.41, 5.74) is 4.29. The van der Waals surface area contributed by atoms with Gasteiger partial charge in [0.05, 0.1) is 10.5 Å². The van der Waals surface area contributed by atoms with Crippen LogP contribution in [0.15, 0.2) is 12.1 Å². The largest absolute Gasteiger partial charge is 0.393 e. The number of nitrogens with zero attached hydrogens (tertiary/aromatic N) is 1. The number of carbonyl (C=O) groups is 1. The van der Waals surface area contributed by atoms with Gasteiger partial charge in [0.1, 0.15) is 11.5 Å². The monoisotopic (exact) mass is 295 g/mol. The molecule has 1 fully saturated rings. The summed E-state index contributed by atoms with van der Waals surface area (Å²) < 4.78 is 13.8. The first-order chi connectivity index (χ1) is 9.88. The van der Waals surface area contributed by atoms with E-state index in [-0.39, 0.29) is 17.3 Å². The average molecular weight is 295 g/mol. The summed E-state index contributed by atoms with van der Waals surface area (Å²) in [5.74, 6) is -0.845. The predicted molar refractivity (Wildman–Crippen MR) is 76.4 cm³/mol. The fourth-order valence-corrected chi connectivity index (χ4v) is 2.58. The Morgan fingerprint density at radius 2 is 2.00 bits per heavy atom. The van der Waals surface area contributed by atoms with Crippen molar-refractivity contribution in [2.24, 2.45) is 5.92 Å². The van der Waals surface area contributed by atoms with Crippen LogP contribution in [0.25, 0.3) is 0 Å². The van der Waals surface area contributed by atoms with Gasteiger partial charge in [-0.05, 0) is 31.6 Å². The van der Waals surface area contributed by atoms with E-state index in [2.05, 4.69) is 12.2 Å². The van der Waals surface area contributed by atoms with Crippen LogP contribution in [-0.2, 0) is 0 Å². The first-order valence-electron chi connectivity index (χ1n) is 6.92. The molecule has 114 valence electrons. The van der Waals surface area contributed by atoms with Gasteiger partial charge in [-0.15, -0.1) is 0 Å².